The Bertz CT molecular complexity index is 725. The fourth-order valence-electron chi connectivity index (χ4n) is 7.83. The molecule has 5 fully saturated rings. The molecule has 2 unspecified atom stereocenters. The van der Waals surface area contributed by atoms with E-state index in [9.17, 15) is 4.79 Å². The molecule has 5 aliphatic carbocycles. The number of nitrogens with one attached hydrogen (secondary N) is 1. The molecule has 1 aromatic carbocycles. The highest BCUT2D eigenvalue weighted by molar-refractivity contribution is 5.85. The van der Waals surface area contributed by atoms with Crippen molar-refractivity contribution in [3.8, 4) is 0 Å². The molecule has 0 spiro atoms. The summed E-state index contributed by atoms with van der Waals surface area (Å²) in [5, 5.41) is 3.52. The average Bonchev–Trinajstić information content (AvgIpc) is 3.00. The Balaban J connectivity index is 1.39. The van der Waals surface area contributed by atoms with Gasteiger partial charge in [0, 0.05) is 6.04 Å². The molecule has 1 aromatic rings. The third-order valence-electron chi connectivity index (χ3n) is 8.92. The van der Waals surface area contributed by atoms with Crippen LogP contribution in [0.3, 0.4) is 0 Å². The van der Waals surface area contributed by atoms with Gasteiger partial charge in [-0.2, -0.15) is 0 Å². The predicted molar refractivity (Wildman–Crippen MR) is 108 cm³/mol. The van der Waals surface area contributed by atoms with Gasteiger partial charge in [0.1, 0.15) is 0 Å². The molecule has 0 aliphatic heterocycles. The van der Waals surface area contributed by atoms with Crippen LogP contribution >= 0.6 is 0 Å². The van der Waals surface area contributed by atoms with Crippen LogP contribution in [-0.4, -0.2) is 18.5 Å². The molecule has 3 heteroatoms. The molecule has 5 aliphatic rings. The third kappa shape index (κ3) is 2.53. The topological polar surface area (TPSA) is 55.1 Å². The molecule has 27 heavy (non-hydrogen) atoms. The van der Waals surface area contributed by atoms with Gasteiger partial charge in [-0.1, -0.05) is 37.3 Å². The summed E-state index contributed by atoms with van der Waals surface area (Å²) in [4.78, 5) is 13.7. The van der Waals surface area contributed by atoms with E-state index in [2.05, 4.69) is 42.6 Å². The summed E-state index contributed by atoms with van der Waals surface area (Å²) in [6.07, 6.45) is 10.4. The van der Waals surface area contributed by atoms with Gasteiger partial charge in [-0.05, 0) is 92.6 Å². The summed E-state index contributed by atoms with van der Waals surface area (Å²) >= 11 is 0. The van der Waals surface area contributed by atoms with Crippen LogP contribution in [-0.2, 0) is 10.2 Å². The third-order valence-corrected chi connectivity index (χ3v) is 8.92. The zero-order chi connectivity index (χ0) is 18.7. The lowest BCUT2D eigenvalue weighted by atomic mass is 9.63. The van der Waals surface area contributed by atoms with E-state index in [4.69, 9.17) is 5.73 Å². The van der Waals surface area contributed by atoms with Crippen LogP contribution in [0.5, 0.6) is 0 Å². The maximum Gasteiger partial charge on any atom is 0.227 e. The Morgan fingerprint density at radius 3 is 2.52 bits per heavy atom. The van der Waals surface area contributed by atoms with E-state index in [0.29, 0.717) is 17.9 Å². The molecule has 4 atom stereocenters. The molecule has 0 aromatic heterocycles. The van der Waals surface area contributed by atoms with Gasteiger partial charge in [-0.15, -0.1) is 0 Å². The quantitative estimate of drug-likeness (QED) is 0.841. The van der Waals surface area contributed by atoms with Crippen molar-refractivity contribution < 1.29 is 4.79 Å². The minimum absolute atomic E-state index is 0.142. The van der Waals surface area contributed by atoms with Gasteiger partial charge in [-0.3, -0.25) is 4.79 Å². The second-order valence-corrected chi connectivity index (χ2v) is 10.5. The summed E-state index contributed by atoms with van der Waals surface area (Å²) in [5.74, 6) is 1.76. The standard InChI is InChI=1S/C24H34N2O/c1-22-11-18-12-23(15-22,19-5-3-2-4-6-19)16-24(22,13-18)21(27)26-20-9-7-17(14-25)8-10-20/h2-6,17-18,20H,7-16,25H2,1H3,(H,26,27)/t17-,18?,20+,22-,23-,24?/m1/s1. The Kier molecular flexibility index (Phi) is 3.99. The zero-order valence-electron chi connectivity index (χ0n) is 16.7. The highest BCUT2D eigenvalue weighted by atomic mass is 16.2. The van der Waals surface area contributed by atoms with E-state index < -0.39 is 0 Å². The number of amides is 1. The molecule has 4 bridgehead atoms. The lowest BCUT2D eigenvalue weighted by molar-refractivity contribution is -0.136. The van der Waals surface area contributed by atoms with Crippen LogP contribution in [0.15, 0.2) is 30.3 Å². The first-order valence-electron chi connectivity index (χ1n) is 11.1. The second kappa shape index (κ2) is 6.07. The van der Waals surface area contributed by atoms with E-state index in [1.165, 1.54) is 37.7 Å². The molecular weight excluding hydrogens is 332 g/mol. The summed E-state index contributed by atoms with van der Waals surface area (Å²) < 4.78 is 0. The maximum atomic E-state index is 13.7. The van der Waals surface area contributed by atoms with Crippen LogP contribution in [0.2, 0.25) is 0 Å². The van der Waals surface area contributed by atoms with Gasteiger partial charge in [0.05, 0.1) is 5.41 Å². The first-order chi connectivity index (χ1) is 13.0. The Labute approximate surface area is 163 Å². The molecule has 0 radical (unpaired) electrons. The highest BCUT2D eigenvalue weighted by Gasteiger charge is 2.72. The lowest BCUT2D eigenvalue weighted by Gasteiger charge is -2.41. The molecule has 5 saturated carbocycles. The van der Waals surface area contributed by atoms with Gasteiger partial charge >= 0.3 is 0 Å². The molecular formula is C24H34N2O. The van der Waals surface area contributed by atoms with Gasteiger partial charge in [0.25, 0.3) is 0 Å². The van der Waals surface area contributed by atoms with E-state index in [-0.39, 0.29) is 16.2 Å². The minimum atomic E-state index is -0.142. The van der Waals surface area contributed by atoms with Crippen LogP contribution < -0.4 is 11.1 Å². The number of benzene rings is 1. The SMILES string of the molecule is C[C@]12CC3CC1(C(=O)N[C@H]1CC[C@@H](CN)CC1)C[C@@](c1ccccc1)(C3)C2. The van der Waals surface area contributed by atoms with Gasteiger partial charge in [-0.25, -0.2) is 0 Å². The van der Waals surface area contributed by atoms with Crippen molar-refractivity contribution >= 4 is 5.91 Å². The van der Waals surface area contributed by atoms with Gasteiger partial charge in [0.15, 0.2) is 0 Å². The molecule has 146 valence electrons. The molecule has 3 nitrogen and oxygen atoms in total. The highest BCUT2D eigenvalue weighted by Crippen LogP contribution is 2.76. The minimum Gasteiger partial charge on any atom is -0.353 e. The van der Waals surface area contributed by atoms with Crippen LogP contribution in [0.1, 0.15) is 70.3 Å². The van der Waals surface area contributed by atoms with Gasteiger partial charge in [0.2, 0.25) is 5.91 Å². The Morgan fingerprint density at radius 2 is 1.81 bits per heavy atom. The summed E-state index contributed by atoms with van der Waals surface area (Å²) in [6, 6.07) is 11.4. The van der Waals surface area contributed by atoms with Crippen molar-refractivity contribution in [3.05, 3.63) is 35.9 Å². The number of nitrogens with two attached hydrogens (primary N) is 1. The van der Waals surface area contributed by atoms with Crippen molar-refractivity contribution in [2.75, 3.05) is 6.54 Å². The van der Waals surface area contributed by atoms with Crippen LogP contribution in [0, 0.1) is 22.7 Å². The fraction of sp³-hybridized carbons (Fsp3) is 0.708. The number of carbonyl (C=O) groups is 1. The van der Waals surface area contributed by atoms with Crippen molar-refractivity contribution in [1.29, 1.82) is 0 Å². The molecule has 6 rings (SSSR count). The first kappa shape index (κ1) is 17.7. The van der Waals surface area contributed by atoms with Crippen molar-refractivity contribution in [1.82, 2.24) is 5.32 Å². The molecule has 0 heterocycles. The number of rotatable bonds is 4. The molecule has 0 saturated heterocycles. The van der Waals surface area contributed by atoms with Crippen LogP contribution in [0.4, 0.5) is 0 Å². The molecule has 1 amide bonds. The summed E-state index contributed by atoms with van der Waals surface area (Å²) in [7, 11) is 0. The average molecular weight is 367 g/mol. The van der Waals surface area contributed by atoms with Gasteiger partial charge < -0.3 is 11.1 Å². The van der Waals surface area contributed by atoms with E-state index in [0.717, 1.165) is 38.1 Å². The Morgan fingerprint density at radius 1 is 1.07 bits per heavy atom. The van der Waals surface area contributed by atoms with Crippen molar-refractivity contribution in [2.24, 2.45) is 28.4 Å². The van der Waals surface area contributed by atoms with E-state index >= 15 is 0 Å². The smallest absolute Gasteiger partial charge is 0.227 e. The number of hydrogen-bond acceptors (Lipinski definition) is 2. The summed E-state index contributed by atoms with van der Waals surface area (Å²) in [5.41, 5.74) is 7.57. The Hall–Kier alpha value is -1.35. The fourth-order valence-corrected chi connectivity index (χ4v) is 7.83. The second-order valence-electron chi connectivity index (χ2n) is 10.5. The zero-order valence-corrected chi connectivity index (χ0v) is 16.7. The van der Waals surface area contributed by atoms with E-state index in [1.807, 2.05) is 0 Å². The number of hydrogen-bond donors (Lipinski definition) is 2. The normalized spacial score (nSPS) is 45.2. The maximum absolute atomic E-state index is 13.7. The van der Waals surface area contributed by atoms with Crippen LogP contribution in [0.25, 0.3) is 0 Å². The predicted octanol–water partition coefficient (Wildman–Crippen LogP) is 4.16. The monoisotopic (exact) mass is 366 g/mol. The summed E-state index contributed by atoms with van der Waals surface area (Å²) in [6.45, 7) is 3.21. The first-order valence-corrected chi connectivity index (χ1v) is 11.1. The lowest BCUT2D eigenvalue weighted by Crippen LogP contribution is -2.50. The largest absolute Gasteiger partial charge is 0.353 e. The molecule has 3 N–H and O–H groups in total. The van der Waals surface area contributed by atoms with Crippen molar-refractivity contribution in [3.63, 3.8) is 0 Å². The van der Waals surface area contributed by atoms with Crippen molar-refractivity contribution in [2.45, 2.75) is 76.2 Å². The van der Waals surface area contributed by atoms with E-state index in [1.54, 1.807) is 0 Å². The number of carbonyl (C=O) groups excluding carboxylic acids is 1.